The highest BCUT2D eigenvalue weighted by Gasteiger charge is 2.13. The largest absolute Gasteiger partial charge is 0.497 e. The Hall–Kier alpha value is -3.00. The van der Waals surface area contributed by atoms with Crippen LogP contribution in [0.3, 0.4) is 0 Å². The summed E-state index contributed by atoms with van der Waals surface area (Å²) >= 11 is 1.25. The number of methoxy groups -OCH3 is 1. The van der Waals surface area contributed by atoms with E-state index >= 15 is 0 Å². The summed E-state index contributed by atoms with van der Waals surface area (Å²) in [7, 11) is 1.59. The van der Waals surface area contributed by atoms with Gasteiger partial charge in [-0.2, -0.15) is 4.37 Å². The molecule has 6 nitrogen and oxygen atoms in total. The lowest BCUT2D eigenvalue weighted by Crippen LogP contribution is -2.39. The lowest BCUT2D eigenvalue weighted by atomic mass is 10.1. The molecule has 29 heavy (non-hydrogen) atoms. The minimum absolute atomic E-state index is 0.0554. The molecule has 1 atom stereocenters. The van der Waals surface area contributed by atoms with E-state index in [0.29, 0.717) is 35.2 Å². The second-order valence-corrected chi connectivity index (χ2v) is 7.26. The highest BCUT2D eigenvalue weighted by atomic mass is 32.1. The van der Waals surface area contributed by atoms with E-state index in [0.717, 1.165) is 12.0 Å². The Kier molecular flexibility index (Phi) is 7.13. The van der Waals surface area contributed by atoms with Crippen LogP contribution < -0.4 is 15.4 Å². The van der Waals surface area contributed by atoms with E-state index < -0.39 is 0 Å². The number of halogens is 1. The predicted octanol–water partition coefficient (Wildman–Crippen LogP) is 3.90. The number of anilines is 1. The lowest BCUT2D eigenvalue weighted by Gasteiger charge is -2.17. The van der Waals surface area contributed by atoms with Crippen LogP contribution in [0.15, 0.2) is 48.5 Å². The van der Waals surface area contributed by atoms with Crippen LogP contribution in [0.1, 0.15) is 35.1 Å². The molecule has 0 fully saturated rings. The van der Waals surface area contributed by atoms with E-state index in [1.807, 2.05) is 13.0 Å². The first-order chi connectivity index (χ1) is 14.1. The molecule has 0 saturated heterocycles. The van der Waals surface area contributed by atoms with Crippen LogP contribution in [0, 0.1) is 5.82 Å². The Bertz CT molecular complexity index is 946. The molecular formula is C21H23FN4O2S. The van der Waals surface area contributed by atoms with Crippen molar-refractivity contribution in [2.24, 2.45) is 0 Å². The molecule has 8 heteroatoms. The fourth-order valence-electron chi connectivity index (χ4n) is 2.75. The van der Waals surface area contributed by atoms with E-state index in [-0.39, 0.29) is 17.8 Å². The third kappa shape index (κ3) is 5.99. The number of nitrogens with zero attached hydrogens (tertiary/aromatic N) is 2. The smallest absolute Gasteiger partial charge is 0.251 e. The van der Waals surface area contributed by atoms with Gasteiger partial charge in [0.1, 0.15) is 17.4 Å². The molecule has 1 aromatic heterocycles. The van der Waals surface area contributed by atoms with Crippen molar-refractivity contribution in [1.82, 2.24) is 14.7 Å². The van der Waals surface area contributed by atoms with Gasteiger partial charge in [0.05, 0.1) is 7.11 Å². The maximum Gasteiger partial charge on any atom is 0.251 e. The second kappa shape index (κ2) is 9.97. The van der Waals surface area contributed by atoms with Crippen molar-refractivity contribution in [3.05, 3.63) is 71.3 Å². The Labute approximate surface area is 173 Å². The third-order valence-corrected chi connectivity index (χ3v) is 5.11. The average Bonchev–Trinajstić information content (AvgIpc) is 3.18. The van der Waals surface area contributed by atoms with Gasteiger partial charge in [-0.05, 0) is 48.4 Å². The van der Waals surface area contributed by atoms with E-state index in [1.54, 1.807) is 37.4 Å². The first kappa shape index (κ1) is 20.7. The molecule has 1 amide bonds. The molecule has 0 spiro atoms. The highest BCUT2D eigenvalue weighted by molar-refractivity contribution is 7.09. The predicted molar refractivity (Wildman–Crippen MR) is 112 cm³/mol. The summed E-state index contributed by atoms with van der Waals surface area (Å²) in [6.45, 7) is 2.54. The van der Waals surface area contributed by atoms with Crippen molar-refractivity contribution >= 4 is 22.6 Å². The van der Waals surface area contributed by atoms with Crippen molar-refractivity contribution in [2.75, 3.05) is 19.0 Å². The monoisotopic (exact) mass is 414 g/mol. The van der Waals surface area contributed by atoms with Gasteiger partial charge in [-0.15, -0.1) is 0 Å². The standard InChI is InChI=1S/C21H23FN4O2S/c1-3-17(24-20(27)15-7-9-18(28-2)10-8-15)13-23-21-25-19(26-29-21)12-14-5-4-6-16(22)11-14/h4-11,17H,3,12-13H2,1-2H3,(H,24,27)(H,23,25,26). The molecule has 0 bridgehead atoms. The maximum absolute atomic E-state index is 13.3. The summed E-state index contributed by atoms with van der Waals surface area (Å²) in [5.74, 6) is 0.943. The number of amides is 1. The number of carbonyl (C=O) groups is 1. The number of ether oxygens (including phenoxy) is 1. The van der Waals surface area contributed by atoms with Crippen molar-refractivity contribution in [2.45, 2.75) is 25.8 Å². The molecule has 2 N–H and O–H groups in total. The number of benzene rings is 2. The number of rotatable bonds is 9. The fourth-order valence-corrected chi connectivity index (χ4v) is 3.34. The SMILES string of the molecule is CCC(CNc1nc(Cc2cccc(F)c2)ns1)NC(=O)c1ccc(OC)cc1. The number of nitrogens with one attached hydrogen (secondary N) is 2. The number of aromatic nitrogens is 2. The minimum atomic E-state index is -0.269. The van der Waals surface area contributed by atoms with Crippen LogP contribution in [-0.4, -0.2) is 35.0 Å². The quantitative estimate of drug-likeness (QED) is 0.555. The Morgan fingerprint density at radius 2 is 2.03 bits per heavy atom. The zero-order chi connectivity index (χ0) is 20.6. The first-order valence-electron chi connectivity index (χ1n) is 9.33. The first-order valence-corrected chi connectivity index (χ1v) is 10.1. The van der Waals surface area contributed by atoms with E-state index in [9.17, 15) is 9.18 Å². The topological polar surface area (TPSA) is 76.1 Å². The minimum Gasteiger partial charge on any atom is -0.497 e. The highest BCUT2D eigenvalue weighted by Crippen LogP contribution is 2.15. The van der Waals surface area contributed by atoms with Crippen molar-refractivity contribution < 1.29 is 13.9 Å². The number of carbonyl (C=O) groups excluding carboxylic acids is 1. The van der Waals surface area contributed by atoms with Gasteiger partial charge in [0.2, 0.25) is 5.13 Å². The zero-order valence-corrected chi connectivity index (χ0v) is 17.1. The Balaban J connectivity index is 1.52. The molecule has 0 saturated carbocycles. The molecule has 152 valence electrons. The normalized spacial score (nSPS) is 11.7. The molecule has 2 aromatic carbocycles. The van der Waals surface area contributed by atoms with Gasteiger partial charge in [0.15, 0.2) is 0 Å². The lowest BCUT2D eigenvalue weighted by molar-refractivity contribution is 0.0938. The molecule has 1 unspecified atom stereocenters. The average molecular weight is 415 g/mol. The molecule has 3 rings (SSSR count). The summed E-state index contributed by atoms with van der Waals surface area (Å²) < 4.78 is 22.7. The van der Waals surface area contributed by atoms with E-state index in [2.05, 4.69) is 20.0 Å². The van der Waals surface area contributed by atoms with Gasteiger partial charge < -0.3 is 15.4 Å². The second-order valence-electron chi connectivity index (χ2n) is 6.51. The van der Waals surface area contributed by atoms with Crippen molar-refractivity contribution in [1.29, 1.82) is 0 Å². The molecule has 1 heterocycles. The van der Waals surface area contributed by atoms with Gasteiger partial charge in [0.25, 0.3) is 5.91 Å². The van der Waals surface area contributed by atoms with Crippen LogP contribution in [0.4, 0.5) is 9.52 Å². The zero-order valence-electron chi connectivity index (χ0n) is 16.3. The number of hydrogen-bond acceptors (Lipinski definition) is 6. The Morgan fingerprint density at radius 3 is 2.72 bits per heavy atom. The van der Waals surface area contributed by atoms with E-state index in [4.69, 9.17) is 4.74 Å². The van der Waals surface area contributed by atoms with Gasteiger partial charge in [-0.3, -0.25) is 4.79 Å². The summed E-state index contributed by atoms with van der Waals surface area (Å²) in [4.78, 5) is 16.9. The maximum atomic E-state index is 13.3. The fraction of sp³-hybridized carbons (Fsp3) is 0.286. The molecule has 0 aliphatic heterocycles. The molecule has 0 aliphatic carbocycles. The van der Waals surface area contributed by atoms with Gasteiger partial charge in [0, 0.05) is 36.1 Å². The summed E-state index contributed by atoms with van der Waals surface area (Å²) in [5, 5.41) is 6.92. The van der Waals surface area contributed by atoms with E-state index in [1.165, 1.54) is 23.7 Å². The van der Waals surface area contributed by atoms with Gasteiger partial charge >= 0.3 is 0 Å². The summed E-state index contributed by atoms with van der Waals surface area (Å²) in [6, 6.07) is 13.3. The molecule has 0 radical (unpaired) electrons. The van der Waals surface area contributed by atoms with Crippen molar-refractivity contribution in [3.8, 4) is 5.75 Å². The number of hydrogen-bond donors (Lipinski definition) is 2. The third-order valence-electron chi connectivity index (χ3n) is 4.40. The summed E-state index contributed by atoms with van der Waals surface area (Å²) in [6.07, 6.45) is 1.24. The van der Waals surface area contributed by atoms with Crippen LogP contribution in [-0.2, 0) is 6.42 Å². The molecule has 0 aliphatic rings. The van der Waals surface area contributed by atoms with Crippen LogP contribution in [0.5, 0.6) is 5.75 Å². The Morgan fingerprint density at radius 1 is 1.24 bits per heavy atom. The van der Waals surface area contributed by atoms with Gasteiger partial charge in [-0.1, -0.05) is 19.1 Å². The van der Waals surface area contributed by atoms with Crippen molar-refractivity contribution in [3.63, 3.8) is 0 Å². The van der Waals surface area contributed by atoms with Crippen LogP contribution in [0.25, 0.3) is 0 Å². The summed E-state index contributed by atoms with van der Waals surface area (Å²) in [5.41, 5.74) is 1.41. The molecule has 3 aromatic rings. The van der Waals surface area contributed by atoms with Gasteiger partial charge in [-0.25, -0.2) is 9.37 Å². The van der Waals surface area contributed by atoms with Crippen LogP contribution >= 0.6 is 11.5 Å². The molecular weight excluding hydrogens is 391 g/mol. The van der Waals surface area contributed by atoms with Crippen LogP contribution in [0.2, 0.25) is 0 Å².